The number of hydrogen-bond acceptors (Lipinski definition) is 2. The highest BCUT2D eigenvalue weighted by Crippen LogP contribution is 2.61. The third kappa shape index (κ3) is 4.52. The van der Waals surface area contributed by atoms with E-state index in [2.05, 4.69) is 139 Å². The van der Waals surface area contributed by atoms with E-state index in [9.17, 15) is 0 Å². The number of anilines is 1. The average molecular weight is 640 g/mol. The second-order valence-electron chi connectivity index (χ2n) is 15.2. The lowest BCUT2D eigenvalue weighted by atomic mass is 9.56. The fourth-order valence-corrected chi connectivity index (χ4v) is 10.7. The van der Waals surface area contributed by atoms with Crippen molar-refractivity contribution in [2.45, 2.75) is 69.2 Å². The summed E-state index contributed by atoms with van der Waals surface area (Å²) in [7, 11) is 0. The molecule has 1 aromatic heterocycles. The molecule has 1 heterocycles. The molecular weight excluding hydrogens is 595 g/mol. The molecule has 244 valence electrons. The molecule has 2 aromatic carbocycles. The van der Waals surface area contributed by atoms with E-state index in [4.69, 9.17) is 4.42 Å². The normalized spacial score (nSPS) is 28.9. The first-order chi connectivity index (χ1) is 24.3. The first-order valence-corrected chi connectivity index (χ1v) is 18.9. The van der Waals surface area contributed by atoms with E-state index >= 15 is 0 Å². The highest BCUT2D eigenvalue weighted by Gasteiger charge is 2.53. The van der Waals surface area contributed by atoms with Crippen LogP contribution in [0.15, 0.2) is 132 Å². The number of nitrogens with zero attached hydrogens (tertiary/aromatic N) is 1. The largest absolute Gasteiger partial charge is 0.461 e. The van der Waals surface area contributed by atoms with Gasteiger partial charge in [-0.05, 0) is 90.5 Å². The van der Waals surface area contributed by atoms with Crippen LogP contribution in [0.25, 0.3) is 23.3 Å². The molecule has 0 N–H and O–H groups in total. The van der Waals surface area contributed by atoms with Crippen molar-refractivity contribution in [3.8, 4) is 11.1 Å². The van der Waals surface area contributed by atoms with Gasteiger partial charge in [0.25, 0.3) is 0 Å². The Balaban J connectivity index is 1.19. The topological polar surface area (TPSA) is 16.4 Å². The summed E-state index contributed by atoms with van der Waals surface area (Å²) in [5.74, 6) is 4.04. The molecular formula is C47H45NO. The number of benzene rings is 2. The van der Waals surface area contributed by atoms with Crippen LogP contribution in [0.4, 0.5) is 5.69 Å². The van der Waals surface area contributed by atoms with Gasteiger partial charge in [-0.25, -0.2) is 0 Å². The van der Waals surface area contributed by atoms with Gasteiger partial charge >= 0.3 is 0 Å². The maximum atomic E-state index is 6.59. The number of fused-ring (bicyclic) bond motifs is 7. The van der Waals surface area contributed by atoms with Crippen LogP contribution in [0.2, 0.25) is 0 Å². The van der Waals surface area contributed by atoms with Crippen LogP contribution in [0, 0.1) is 23.7 Å². The molecule has 0 bridgehead atoms. The van der Waals surface area contributed by atoms with Gasteiger partial charge in [0.05, 0.1) is 6.04 Å². The predicted molar refractivity (Wildman–Crippen MR) is 203 cm³/mol. The smallest absolute Gasteiger partial charge is 0.132 e. The molecule has 2 nitrogen and oxygen atoms in total. The van der Waals surface area contributed by atoms with Crippen molar-refractivity contribution in [1.82, 2.24) is 0 Å². The van der Waals surface area contributed by atoms with Gasteiger partial charge in [-0.2, -0.15) is 0 Å². The van der Waals surface area contributed by atoms with E-state index in [-0.39, 0.29) is 11.5 Å². The highest BCUT2D eigenvalue weighted by molar-refractivity contribution is 5.84. The molecule has 1 saturated carbocycles. The quantitative estimate of drug-likeness (QED) is 0.276. The van der Waals surface area contributed by atoms with E-state index in [1.54, 1.807) is 11.1 Å². The summed E-state index contributed by atoms with van der Waals surface area (Å²) in [6.45, 7) is 0. The van der Waals surface area contributed by atoms with Crippen molar-refractivity contribution in [1.29, 1.82) is 0 Å². The standard InChI is InChI=1S/C47H45NO/c1-3-16-34(17-4-1)47(35-18-5-2-6-19-35)41-22-11-9-20-38(41)39-29-28-37(31-42(39)47)48(36-27-26-32-14-7-8-15-33(32)30-36)43-23-13-25-45-46(43)40-21-10-12-24-44(40)49-45/h1,3-4,7-11,13-16,20-22,25-35,43H,2,5-6,12,17-19,23-24H2. The molecule has 0 saturated heterocycles. The summed E-state index contributed by atoms with van der Waals surface area (Å²) in [5.41, 5.74) is 11.2. The SMILES string of the molecule is C1=CCC(C2(C3CCCCC3)c3ccccc3-c3ccc(N(C4=CC5C=CC=CC5C=C4)C4CC=Cc5oc6c(c54)C=CCC6)cc32)C=C1. The summed E-state index contributed by atoms with van der Waals surface area (Å²) in [4.78, 5) is 2.69. The zero-order valence-electron chi connectivity index (χ0n) is 28.3. The third-order valence-electron chi connectivity index (χ3n) is 12.7. The van der Waals surface area contributed by atoms with E-state index in [1.165, 1.54) is 65.7 Å². The van der Waals surface area contributed by atoms with Crippen LogP contribution in [-0.2, 0) is 11.8 Å². The van der Waals surface area contributed by atoms with Gasteiger partial charge in [-0.1, -0.05) is 129 Å². The average Bonchev–Trinajstić information content (AvgIpc) is 3.70. The Morgan fingerprint density at radius 1 is 0.714 bits per heavy atom. The lowest BCUT2D eigenvalue weighted by Crippen LogP contribution is -2.43. The first-order valence-electron chi connectivity index (χ1n) is 18.9. The maximum absolute atomic E-state index is 6.59. The number of allylic oxidation sites excluding steroid dienone is 12. The minimum Gasteiger partial charge on any atom is -0.461 e. The lowest BCUT2D eigenvalue weighted by Gasteiger charge is -2.47. The maximum Gasteiger partial charge on any atom is 0.132 e. The van der Waals surface area contributed by atoms with Gasteiger partial charge < -0.3 is 9.32 Å². The van der Waals surface area contributed by atoms with E-state index < -0.39 is 0 Å². The second kappa shape index (κ2) is 11.8. The van der Waals surface area contributed by atoms with Crippen LogP contribution in [0.3, 0.4) is 0 Å². The second-order valence-corrected chi connectivity index (χ2v) is 15.2. The Morgan fingerprint density at radius 3 is 2.47 bits per heavy atom. The lowest BCUT2D eigenvalue weighted by molar-refractivity contribution is 0.194. The molecule has 3 aromatic rings. The summed E-state index contributed by atoms with van der Waals surface area (Å²) >= 11 is 0. The number of hydrogen-bond donors (Lipinski definition) is 0. The van der Waals surface area contributed by atoms with Crippen LogP contribution in [0.1, 0.15) is 91.2 Å². The summed E-state index contributed by atoms with van der Waals surface area (Å²) in [6, 6.07) is 17.1. The van der Waals surface area contributed by atoms with Gasteiger partial charge in [0.15, 0.2) is 0 Å². The minimum absolute atomic E-state index is 0.0385. The van der Waals surface area contributed by atoms with Crippen molar-refractivity contribution >= 4 is 17.8 Å². The highest BCUT2D eigenvalue weighted by atomic mass is 16.3. The molecule has 5 atom stereocenters. The molecule has 1 fully saturated rings. The number of rotatable bonds is 5. The molecule has 5 unspecified atom stereocenters. The van der Waals surface area contributed by atoms with Gasteiger partial charge in [0, 0.05) is 46.2 Å². The Hall–Kier alpha value is -4.56. The van der Waals surface area contributed by atoms with Gasteiger partial charge in [-0.3, -0.25) is 0 Å². The zero-order valence-corrected chi connectivity index (χ0v) is 28.3. The number of furan rings is 1. The van der Waals surface area contributed by atoms with Crippen LogP contribution >= 0.6 is 0 Å². The van der Waals surface area contributed by atoms with Crippen molar-refractivity contribution < 1.29 is 4.42 Å². The predicted octanol–water partition coefficient (Wildman–Crippen LogP) is 12.0. The van der Waals surface area contributed by atoms with E-state index in [1.807, 2.05) is 0 Å². The third-order valence-corrected chi connectivity index (χ3v) is 12.7. The van der Waals surface area contributed by atoms with Crippen molar-refractivity contribution in [3.63, 3.8) is 0 Å². The molecule has 10 rings (SSSR count). The van der Waals surface area contributed by atoms with Crippen LogP contribution in [0.5, 0.6) is 0 Å². The van der Waals surface area contributed by atoms with Crippen LogP contribution in [-0.4, -0.2) is 0 Å². The first kappa shape index (κ1) is 29.4. The summed E-state index contributed by atoms with van der Waals surface area (Å²) in [6.07, 6.45) is 45.9. The fourth-order valence-electron chi connectivity index (χ4n) is 10.7. The Morgan fingerprint density at radius 2 is 1.57 bits per heavy atom. The molecule has 0 aliphatic heterocycles. The Kier molecular flexibility index (Phi) is 7.07. The summed E-state index contributed by atoms with van der Waals surface area (Å²) < 4.78 is 6.59. The molecule has 7 aliphatic rings. The fraction of sp³-hybridized carbons (Fsp3) is 0.319. The van der Waals surface area contributed by atoms with Crippen molar-refractivity contribution in [3.05, 3.63) is 161 Å². The van der Waals surface area contributed by atoms with E-state index in [0.29, 0.717) is 23.7 Å². The van der Waals surface area contributed by atoms with Crippen molar-refractivity contribution in [2.24, 2.45) is 23.7 Å². The van der Waals surface area contributed by atoms with Gasteiger partial charge in [0.2, 0.25) is 0 Å². The summed E-state index contributed by atoms with van der Waals surface area (Å²) in [5, 5.41) is 0. The van der Waals surface area contributed by atoms with Crippen molar-refractivity contribution in [2.75, 3.05) is 4.90 Å². The van der Waals surface area contributed by atoms with E-state index in [0.717, 1.165) is 37.2 Å². The molecule has 0 radical (unpaired) electrons. The molecule has 0 spiro atoms. The molecule has 0 amide bonds. The Bertz CT molecular complexity index is 2050. The van der Waals surface area contributed by atoms with Crippen LogP contribution < -0.4 is 4.90 Å². The monoisotopic (exact) mass is 639 g/mol. The Labute approximate surface area is 291 Å². The zero-order chi connectivity index (χ0) is 32.4. The van der Waals surface area contributed by atoms with Gasteiger partial charge in [-0.15, -0.1) is 0 Å². The molecule has 7 aliphatic carbocycles. The molecule has 49 heavy (non-hydrogen) atoms. The number of aryl methyl sites for hydroxylation is 1. The minimum atomic E-state index is -0.0385. The van der Waals surface area contributed by atoms with Gasteiger partial charge in [0.1, 0.15) is 11.5 Å². The molecule has 2 heteroatoms.